The van der Waals surface area contributed by atoms with Crippen LogP contribution in [0.1, 0.15) is 29.0 Å². The van der Waals surface area contributed by atoms with Gasteiger partial charge in [0.1, 0.15) is 0 Å². The van der Waals surface area contributed by atoms with Crippen LogP contribution < -0.4 is 5.32 Å². The van der Waals surface area contributed by atoms with Crippen LogP contribution in [-0.2, 0) is 0 Å². The maximum Gasteiger partial charge on any atom is 0.0702 e. The van der Waals surface area contributed by atoms with Crippen molar-refractivity contribution in [3.8, 4) is 0 Å². The van der Waals surface area contributed by atoms with Crippen molar-refractivity contribution < 1.29 is 0 Å². The molecule has 0 radical (unpaired) electrons. The Morgan fingerprint density at radius 1 is 1.33 bits per heavy atom. The van der Waals surface area contributed by atoms with Crippen LogP contribution in [0, 0.1) is 6.92 Å². The first-order chi connectivity index (χ1) is 8.61. The molecule has 0 aliphatic rings. The second-order valence-electron chi connectivity index (χ2n) is 4.13. The van der Waals surface area contributed by atoms with E-state index in [0.717, 1.165) is 15.4 Å². The van der Waals surface area contributed by atoms with Gasteiger partial charge in [-0.2, -0.15) is 0 Å². The Labute approximate surface area is 125 Å². The highest BCUT2D eigenvalue weighted by Crippen LogP contribution is 2.33. The molecule has 1 nitrogen and oxygen atoms in total. The number of nitrogens with one attached hydrogen (secondary N) is 1. The first-order valence-corrected chi connectivity index (χ1v) is 7.85. The normalized spacial score (nSPS) is 12.7. The van der Waals surface area contributed by atoms with E-state index >= 15 is 0 Å². The number of hydrogen-bond acceptors (Lipinski definition) is 2. The number of thiophene rings is 1. The summed E-state index contributed by atoms with van der Waals surface area (Å²) in [6.45, 7) is 5.16. The molecule has 1 aromatic carbocycles. The molecule has 0 saturated heterocycles. The molecular formula is C14H15BrClNS. The Balaban J connectivity index is 2.41. The Kier molecular flexibility index (Phi) is 4.84. The van der Waals surface area contributed by atoms with Crippen molar-refractivity contribution >= 4 is 38.9 Å². The SMILES string of the molecule is CCNC(c1ccc(Br)s1)c1ccc(Cl)cc1C. The van der Waals surface area contributed by atoms with Gasteiger partial charge in [-0.1, -0.05) is 24.6 Å². The summed E-state index contributed by atoms with van der Waals surface area (Å²) in [6.07, 6.45) is 0. The van der Waals surface area contributed by atoms with E-state index in [9.17, 15) is 0 Å². The van der Waals surface area contributed by atoms with E-state index in [-0.39, 0.29) is 6.04 Å². The lowest BCUT2D eigenvalue weighted by atomic mass is 10.00. The van der Waals surface area contributed by atoms with Crippen molar-refractivity contribution in [2.24, 2.45) is 0 Å². The van der Waals surface area contributed by atoms with Crippen molar-refractivity contribution in [1.82, 2.24) is 5.32 Å². The standard InChI is InChI=1S/C14H15BrClNS/c1-3-17-14(12-6-7-13(15)18-12)11-5-4-10(16)8-9(11)2/h4-8,14,17H,3H2,1-2H3. The molecule has 0 bridgehead atoms. The van der Waals surface area contributed by atoms with Crippen LogP contribution in [0.25, 0.3) is 0 Å². The van der Waals surface area contributed by atoms with Crippen molar-refractivity contribution in [3.63, 3.8) is 0 Å². The third-order valence-corrected chi connectivity index (χ3v) is 4.75. The number of halogens is 2. The Hall–Kier alpha value is -0.350. The maximum absolute atomic E-state index is 6.02. The third-order valence-electron chi connectivity index (χ3n) is 2.83. The van der Waals surface area contributed by atoms with Crippen LogP contribution in [0.5, 0.6) is 0 Å². The Morgan fingerprint density at radius 2 is 2.11 bits per heavy atom. The topological polar surface area (TPSA) is 12.0 Å². The number of benzene rings is 1. The van der Waals surface area contributed by atoms with Crippen LogP contribution in [-0.4, -0.2) is 6.54 Å². The van der Waals surface area contributed by atoms with Gasteiger partial charge < -0.3 is 5.32 Å². The summed E-state index contributed by atoms with van der Waals surface area (Å²) in [5, 5.41) is 4.33. The smallest absolute Gasteiger partial charge is 0.0702 e. The molecule has 0 aliphatic carbocycles. The van der Waals surface area contributed by atoms with Gasteiger partial charge in [0, 0.05) is 9.90 Å². The molecule has 1 unspecified atom stereocenters. The van der Waals surface area contributed by atoms with Crippen molar-refractivity contribution in [3.05, 3.63) is 55.1 Å². The summed E-state index contributed by atoms with van der Waals surface area (Å²) in [4.78, 5) is 1.31. The highest BCUT2D eigenvalue weighted by Gasteiger charge is 2.17. The highest BCUT2D eigenvalue weighted by atomic mass is 79.9. The maximum atomic E-state index is 6.02. The van der Waals surface area contributed by atoms with E-state index in [1.165, 1.54) is 16.0 Å². The average Bonchev–Trinajstić information content (AvgIpc) is 2.73. The summed E-state index contributed by atoms with van der Waals surface area (Å²) < 4.78 is 1.16. The summed E-state index contributed by atoms with van der Waals surface area (Å²) >= 11 is 11.3. The fourth-order valence-electron chi connectivity index (χ4n) is 2.01. The minimum Gasteiger partial charge on any atom is -0.306 e. The van der Waals surface area contributed by atoms with Gasteiger partial charge in [0.2, 0.25) is 0 Å². The molecule has 2 rings (SSSR count). The molecule has 0 saturated carbocycles. The number of hydrogen-bond donors (Lipinski definition) is 1. The highest BCUT2D eigenvalue weighted by molar-refractivity contribution is 9.11. The monoisotopic (exact) mass is 343 g/mol. The van der Waals surface area contributed by atoms with Gasteiger partial charge in [-0.25, -0.2) is 0 Å². The van der Waals surface area contributed by atoms with Crippen molar-refractivity contribution in [2.75, 3.05) is 6.54 Å². The van der Waals surface area contributed by atoms with Gasteiger partial charge in [0.25, 0.3) is 0 Å². The van der Waals surface area contributed by atoms with Crippen LogP contribution >= 0.6 is 38.9 Å². The molecule has 0 aliphatic heterocycles. The molecule has 0 spiro atoms. The van der Waals surface area contributed by atoms with Crippen molar-refractivity contribution in [2.45, 2.75) is 19.9 Å². The zero-order valence-corrected chi connectivity index (χ0v) is 13.5. The molecule has 18 heavy (non-hydrogen) atoms. The van der Waals surface area contributed by atoms with Gasteiger partial charge in [-0.05, 0) is 64.8 Å². The van der Waals surface area contributed by atoms with E-state index in [0.29, 0.717) is 0 Å². The molecule has 0 amide bonds. The lowest BCUT2D eigenvalue weighted by molar-refractivity contribution is 0.637. The third kappa shape index (κ3) is 3.15. The minimum absolute atomic E-state index is 0.239. The quantitative estimate of drug-likeness (QED) is 0.806. The van der Waals surface area contributed by atoms with E-state index < -0.39 is 0 Å². The molecule has 2 aromatic rings. The Bertz CT molecular complexity index is 538. The predicted molar refractivity (Wildman–Crippen MR) is 83.7 cm³/mol. The zero-order valence-electron chi connectivity index (χ0n) is 10.3. The average molecular weight is 345 g/mol. The van der Waals surface area contributed by atoms with Crippen LogP contribution in [0.4, 0.5) is 0 Å². The molecule has 4 heteroatoms. The Morgan fingerprint density at radius 3 is 2.67 bits per heavy atom. The van der Waals surface area contributed by atoms with Gasteiger partial charge in [-0.3, -0.25) is 0 Å². The van der Waals surface area contributed by atoms with E-state index in [1.807, 2.05) is 12.1 Å². The number of rotatable bonds is 4. The zero-order chi connectivity index (χ0) is 13.1. The second-order valence-corrected chi connectivity index (χ2v) is 7.06. The van der Waals surface area contributed by atoms with E-state index in [2.05, 4.69) is 53.3 Å². The van der Waals surface area contributed by atoms with Gasteiger partial charge in [-0.15, -0.1) is 11.3 Å². The lowest BCUT2D eigenvalue weighted by Gasteiger charge is -2.19. The van der Waals surface area contributed by atoms with Gasteiger partial charge in [0.15, 0.2) is 0 Å². The summed E-state index contributed by atoms with van der Waals surface area (Å²) in [6, 6.07) is 10.6. The molecule has 1 aromatic heterocycles. The largest absolute Gasteiger partial charge is 0.306 e. The van der Waals surface area contributed by atoms with Gasteiger partial charge >= 0.3 is 0 Å². The fourth-order valence-corrected chi connectivity index (χ4v) is 3.76. The fraction of sp³-hybridized carbons (Fsp3) is 0.286. The van der Waals surface area contributed by atoms with Gasteiger partial charge in [0.05, 0.1) is 9.83 Å². The first kappa shape index (κ1) is 14.1. The van der Waals surface area contributed by atoms with E-state index in [4.69, 9.17) is 11.6 Å². The predicted octanol–water partition coefficient (Wildman–Crippen LogP) is 5.17. The second kappa shape index (κ2) is 6.20. The lowest BCUT2D eigenvalue weighted by Crippen LogP contribution is -2.21. The van der Waals surface area contributed by atoms with Crippen LogP contribution in [0.15, 0.2) is 34.1 Å². The molecule has 1 heterocycles. The van der Waals surface area contributed by atoms with E-state index in [1.54, 1.807) is 11.3 Å². The molecular weight excluding hydrogens is 330 g/mol. The summed E-state index contributed by atoms with van der Waals surface area (Å²) in [5.74, 6) is 0. The molecule has 1 atom stereocenters. The van der Waals surface area contributed by atoms with Crippen LogP contribution in [0.3, 0.4) is 0 Å². The first-order valence-electron chi connectivity index (χ1n) is 5.86. The van der Waals surface area contributed by atoms with Crippen LogP contribution in [0.2, 0.25) is 5.02 Å². The molecule has 96 valence electrons. The minimum atomic E-state index is 0.239. The number of aryl methyl sites for hydroxylation is 1. The summed E-state index contributed by atoms with van der Waals surface area (Å²) in [5.41, 5.74) is 2.51. The molecule has 0 fully saturated rings. The molecule has 1 N–H and O–H groups in total. The summed E-state index contributed by atoms with van der Waals surface area (Å²) in [7, 11) is 0. The van der Waals surface area contributed by atoms with Crippen molar-refractivity contribution in [1.29, 1.82) is 0 Å².